The van der Waals surface area contributed by atoms with Crippen molar-refractivity contribution >= 4 is 23.4 Å². The van der Waals surface area contributed by atoms with Gasteiger partial charge in [0.25, 0.3) is 11.8 Å². The van der Waals surface area contributed by atoms with Crippen molar-refractivity contribution in [2.24, 2.45) is 0 Å². The molecule has 1 aliphatic rings. The van der Waals surface area contributed by atoms with Crippen LogP contribution in [0.1, 0.15) is 22.3 Å². The number of nitrogens with zero attached hydrogens (tertiary/aromatic N) is 2. The lowest BCUT2D eigenvalue weighted by Gasteiger charge is -2.30. The van der Waals surface area contributed by atoms with Crippen LogP contribution >= 0.6 is 0 Å². The summed E-state index contributed by atoms with van der Waals surface area (Å²) in [5.41, 5.74) is 1.21. The first kappa shape index (κ1) is 21.6. The molecule has 3 rings (SSSR count). The highest BCUT2D eigenvalue weighted by atomic mass is 19.1. The number of carbonyl (C=O) groups excluding carboxylic acids is 3. The second kappa shape index (κ2) is 9.15. The molecule has 8 heteroatoms. The summed E-state index contributed by atoms with van der Waals surface area (Å²) in [5.74, 6) is -2.43. The Balaban J connectivity index is 1.96. The first-order valence-electron chi connectivity index (χ1n) is 9.42. The van der Waals surface area contributed by atoms with E-state index in [9.17, 15) is 18.8 Å². The Kier molecular flexibility index (Phi) is 6.59. The smallest absolute Gasteiger partial charge is 0.257 e. The van der Waals surface area contributed by atoms with Crippen molar-refractivity contribution in [3.8, 4) is 0 Å². The van der Waals surface area contributed by atoms with Crippen LogP contribution in [0.4, 0.5) is 10.1 Å². The number of imide groups is 1. The summed E-state index contributed by atoms with van der Waals surface area (Å²) in [5, 5.41) is 0. The summed E-state index contributed by atoms with van der Waals surface area (Å²) < 4.78 is 24.6. The molecule has 0 radical (unpaired) electrons. The van der Waals surface area contributed by atoms with E-state index in [1.807, 2.05) is 6.92 Å². The number of anilines is 1. The zero-order chi connectivity index (χ0) is 21.8. The third-order valence-electron chi connectivity index (χ3n) is 5.03. The Labute approximate surface area is 174 Å². The minimum Gasteiger partial charge on any atom is -0.354 e. The summed E-state index contributed by atoms with van der Waals surface area (Å²) >= 11 is 0. The minimum atomic E-state index is -1.10. The third kappa shape index (κ3) is 4.24. The topological polar surface area (TPSA) is 76.2 Å². The van der Waals surface area contributed by atoms with Crippen molar-refractivity contribution < 1.29 is 28.2 Å². The lowest BCUT2D eigenvalue weighted by atomic mass is 10.1. The van der Waals surface area contributed by atoms with Crippen LogP contribution in [0.25, 0.3) is 0 Å². The second-order valence-corrected chi connectivity index (χ2v) is 6.96. The zero-order valence-corrected chi connectivity index (χ0v) is 17.0. The number of hydrogen-bond acceptors (Lipinski definition) is 5. The molecule has 0 aromatic heterocycles. The molecule has 0 bridgehead atoms. The largest absolute Gasteiger partial charge is 0.354 e. The first-order chi connectivity index (χ1) is 14.4. The fraction of sp³-hybridized carbons (Fsp3) is 0.318. The maximum absolute atomic E-state index is 14.3. The standard InChI is InChI=1S/C22H23FN2O5/c1-14-8-10-15(11-9-14)25-19(26)12-18(22(25)28)24(13-20(29-2)30-3)21(27)16-6-4-5-7-17(16)23/h4-11,18,20H,12-13H2,1-3H3. The van der Waals surface area contributed by atoms with Gasteiger partial charge in [0.15, 0.2) is 6.29 Å². The number of rotatable bonds is 7. The summed E-state index contributed by atoms with van der Waals surface area (Å²) in [6.45, 7) is 1.75. The fourth-order valence-electron chi connectivity index (χ4n) is 3.37. The van der Waals surface area contributed by atoms with E-state index in [0.717, 1.165) is 21.4 Å². The predicted molar refractivity (Wildman–Crippen MR) is 107 cm³/mol. The number of carbonyl (C=O) groups is 3. The van der Waals surface area contributed by atoms with Crippen LogP contribution in [0, 0.1) is 12.7 Å². The van der Waals surface area contributed by atoms with E-state index in [4.69, 9.17) is 9.47 Å². The SMILES string of the molecule is COC(CN(C(=O)c1ccccc1F)C1CC(=O)N(c2ccc(C)cc2)C1=O)OC. The summed E-state index contributed by atoms with van der Waals surface area (Å²) in [4.78, 5) is 41.2. The van der Waals surface area contributed by atoms with Gasteiger partial charge in [-0.15, -0.1) is 0 Å². The van der Waals surface area contributed by atoms with Gasteiger partial charge in [0.2, 0.25) is 5.91 Å². The monoisotopic (exact) mass is 414 g/mol. The molecule has 1 heterocycles. The number of amides is 3. The van der Waals surface area contributed by atoms with Gasteiger partial charge in [0, 0.05) is 14.2 Å². The molecule has 1 unspecified atom stereocenters. The molecule has 0 N–H and O–H groups in total. The number of methoxy groups -OCH3 is 2. The summed E-state index contributed by atoms with van der Waals surface area (Å²) in [7, 11) is 2.78. The maximum Gasteiger partial charge on any atom is 0.257 e. The number of ether oxygens (including phenoxy) is 2. The molecule has 0 spiro atoms. The molecular weight excluding hydrogens is 391 g/mol. The molecule has 1 fully saturated rings. The maximum atomic E-state index is 14.3. The molecule has 158 valence electrons. The van der Waals surface area contributed by atoms with Gasteiger partial charge in [-0.05, 0) is 31.2 Å². The van der Waals surface area contributed by atoms with Gasteiger partial charge in [-0.2, -0.15) is 0 Å². The highest BCUT2D eigenvalue weighted by Gasteiger charge is 2.45. The molecule has 2 aromatic carbocycles. The molecule has 2 aromatic rings. The Bertz CT molecular complexity index is 943. The van der Waals surface area contributed by atoms with Crippen LogP contribution in [0.15, 0.2) is 48.5 Å². The Morgan fingerprint density at radius 3 is 2.37 bits per heavy atom. The Morgan fingerprint density at radius 2 is 1.77 bits per heavy atom. The van der Waals surface area contributed by atoms with E-state index in [0.29, 0.717) is 5.69 Å². The average molecular weight is 414 g/mol. The molecule has 0 saturated carbocycles. The van der Waals surface area contributed by atoms with Crippen molar-refractivity contribution in [3.63, 3.8) is 0 Å². The molecule has 30 heavy (non-hydrogen) atoms. The zero-order valence-electron chi connectivity index (χ0n) is 17.0. The van der Waals surface area contributed by atoms with Crippen LogP contribution in [-0.4, -0.2) is 55.7 Å². The van der Waals surface area contributed by atoms with Crippen molar-refractivity contribution in [3.05, 3.63) is 65.5 Å². The molecule has 1 saturated heterocycles. The van der Waals surface area contributed by atoms with Gasteiger partial charge in [-0.25, -0.2) is 9.29 Å². The summed E-state index contributed by atoms with van der Waals surface area (Å²) in [6, 6.07) is 11.3. The average Bonchev–Trinajstić information content (AvgIpc) is 3.03. The lowest BCUT2D eigenvalue weighted by molar-refractivity contribution is -0.128. The van der Waals surface area contributed by atoms with Gasteiger partial charge in [0.1, 0.15) is 11.9 Å². The number of benzene rings is 2. The van der Waals surface area contributed by atoms with Gasteiger partial charge >= 0.3 is 0 Å². The van der Waals surface area contributed by atoms with E-state index < -0.39 is 35.9 Å². The molecule has 7 nitrogen and oxygen atoms in total. The summed E-state index contributed by atoms with van der Waals surface area (Å²) in [6.07, 6.45) is -1.07. The van der Waals surface area contributed by atoms with Crippen LogP contribution in [0.5, 0.6) is 0 Å². The van der Waals surface area contributed by atoms with Crippen molar-refractivity contribution in [2.75, 3.05) is 25.7 Å². The normalized spacial score (nSPS) is 16.4. The first-order valence-corrected chi connectivity index (χ1v) is 9.42. The van der Waals surface area contributed by atoms with Gasteiger partial charge in [-0.3, -0.25) is 14.4 Å². The van der Waals surface area contributed by atoms with Crippen LogP contribution in [0.3, 0.4) is 0 Å². The van der Waals surface area contributed by atoms with Crippen LogP contribution in [0.2, 0.25) is 0 Å². The third-order valence-corrected chi connectivity index (χ3v) is 5.03. The second-order valence-electron chi connectivity index (χ2n) is 6.96. The number of aryl methyl sites for hydroxylation is 1. The van der Waals surface area contributed by atoms with Gasteiger partial charge in [-0.1, -0.05) is 29.8 Å². The van der Waals surface area contributed by atoms with Gasteiger partial charge in [0.05, 0.1) is 24.2 Å². The molecule has 3 amide bonds. The molecule has 1 atom stereocenters. The van der Waals surface area contributed by atoms with Crippen molar-refractivity contribution in [2.45, 2.75) is 25.7 Å². The molecule has 1 aliphatic heterocycles. The van der Waals surface area contributed by atoms with Crippen molar-refractivity contribution in [1.82, 2.24) is 4.90 Å². The minimum absolute atomic E-state index is 0.147. The Morgan fingerprint density at radius 1 is 1.13 bits per heavy atom. The van der Waals surface area contributed by atoms with Gasteiger partial charge < -0.3 is 14.4 Å². The lowest BCUT2D eigenvalue weighted by Crippen LogP contribution is -2.49. The van der Waals surface area contributed by atoms with E-state index in [2.05, 4.69) is 0 Å². The predicted octanol–water partition coefficient (Wildman–Crippen LogP) is 2.53. The van der Waals surface area contributed by atoms with E-state index in [1.165, 1.54) is 32.4 Å². The van der Waals surface area contributed by atoms with Crippen LogP contribution < -0.4 is 4.90 Å². The number of hydrogen-bond donors (Lipinski definition) is 0. The van der Waals surface area contributed by atoms with E-state index >= 15 is 0 Å². The van der Waals surface area contributed by atoms with E-state index in [1.54, 1.807) is 24.3 Å². The quantitative estimate of drug-likeness (QED) is 0.514. The Hall–Kier alpha value is -3.10. The molecule has 0 aliphatic carbocycles. The highest BCUT2D eigenvalue weighted by molar-refractivity contribution is 6.23. The van der Waals surface area contributed by atoms with Crippen LogP contribution in [-0.2, 0) is 19.1 Å². The van der Waals surface area contributed by atoms with Crippen molar-refractivity contribution in [1.29, 1.82) is 0 Å². The number of halogens is 1. The molecular formula is C22H23FN2O5. The fourth-order valence-corrected chi connectivity index (χ4v) is 3.37. The highest BCUT2D eigenvalue weighted by Crippen LogP contribution is 2.27. The van der Waals surface area contributed by atoms with E-state index in [-0.39, 0.29) is 18.5 Å².